The van der Waals surface area contributed by atoms with Gasteiger partial charge < -0.3 is 4.42 Å². The van der Waals surface area contributed by atoms with Crippen molar-refractivity contribution in [1.29, 1.82) is 0 Å². The molecule has 3 heterocycles. The summed E-state index contributed by atoms with van der Waals surface area (Å²) in [4.78, 5) is 9.21. The summed E-state index contributed by atoms with van der Waals surface area (Å²) >= 11 is 0. The number of hydrogen-bond acceptors (Lipinski definition) is 4. The molecule has 20 heavy (non-hydrogen) atoms. The molecule has 0 radical (unpaired) electrons. The molecule has 0 amide bonds. The SMILES string of the molecule is Cc1cccc2nc(C)n3nc(-c4ccco4)nc3c12. The van der Waals surface area contributed by atoms with Gasteiger partial charge in [0.2, 0.25) is 5.82 Å². The average Bonchev–Trinajstić information content (AvgIpc) is 3.08. The third kappa shape index (κ3) is 1.46. The molecule has 0 aliphatic carbocycles. The summed E-state index contributed by atoms with van der Waals surface area (Å²) in [5.41, 5.74) is 2.89. The van der Waals surface area contributed by atoms with E-state index in [1.165, 1.54) is 0 Å². The van der Waals surface area contributed by atoms with Crippen LogP contribution in [0.15, 0.2) is 41.0 Å². The Hall–Kier alpha value is -2.69. The predicted molar refractivity (Wildman–Crippen MR) is 75.5 cm³/mol. The van der Waals surface area contributed by atoms with Gasteiger partial charge in [-0.2, -0.15) is 4.52 Å². The normalized spacial score (nSPS) is 11.5. The van der Waals surface area contributed by atoms with Crippen LogP contribution in [-0.2, 0) is 0 Å². The molecule has 4 rings (SSSR count). The van der Waals surface area contributed by atoms with Crippen LogP contribution in [0.5, 0.6) is 0 Å². The van der Waals surface area contributed by atoms with Gasteiger partial charge in [-0.25, -0.2) is 9.97 Å². The number of nitrogens with zero attached hydrogens (tertiary/aromatic N) is 4. The third-order valence-corrected chi connectivity index (χ3v) is 3.41. The van der Waals surface area contributed by atoms with Crippen molar-refractivity contribution in [3.63, 3.8) is 0 Å². The minimum atomic E-state index is 0.579. The second kappa shape index (κ2) is 3.90. The largest absolute Gasteiger partial charge is 0.461 e. The molecule has 0 aliphatic rings. The first-order valence-corrected chi connectivity index (χ1v) is 6.40. The van der Waals surface area contributed by atoms with Crippen LogP contribution in [0.4, 0.5) is 0 Å². The lowest BCUT2D eigenvalue weighted by Crippen LogP contribution is -1.99. The highest BCUT2D eigenvalue weighted by molar-refractivity contribution is 5.94. The lowest BCUT2D eigenvalue weighted by molar-refractivity contribution is 0.577. The molecular formula is C15H12N4O. The Balaban J connectivity index is 2.15. The second-order valence-electron chi connectivity index (χ2n) is 4.78. The van der Waals surface area contributed by atoms with Crippen molar-refractivity contribution in [1.82, 2.24) is 19.6 Å². The van der Waals surface area contributed by atoms with Crippen molar-refractivity contribution < 1.29 is 4.42 Å². The molecule has 0 bridgehead atoms. The van der Waals surface area contributed by atoms with E-state index >= 15 is 0 Å². The van der Waals surface area contributed by atoms with Gasteiger partial charge in [-0.15, -0.1) is 5.10 Å². The van der Waals surface area contributed by atoms with Crippen molar-refractivity contribution in [2.24, 2.45) is 0 Å². The van der Waals surface area contributed by atoms with E-state index in [9.17, 15) is 0 Å². The molecule has 5 heteroatoms. The van der Waals surface area contributed by atoms with Crippen molar-refractivity contribution in [2.45, 2.75) is 13.8 Å². The number of hydrogen-bond donors (Lipinski definition) is 0. The minimum absolute atomic E-state index is 0.579. The maximum Gasteiger partial charge on any atom is 0.217 e. The van der Waals surface area contributed by atoms with Gasteiger partial charge in [-0.1, -0.05) is 12.1 Å². The van der Waals surface area contributed by atoms with Gasteiger partial charge in [0.1, 0.15) is 5.82 Å². The molecule has 0 aliphatic heterocycles. The van der Waals surface area contributed by atoms with Gasteiger partial charge in [0.25, 0.3) is 0 Å². The van der Waals surface area contributed by atoms with Gasteiger partial charge in [0, 0.05) is 5.39 Å². The van der Waals surface area contributed by atoms with Crippen LogP contribution in [0.2, 0.25) is 0 Å². The summed E-state index contributed by atoms with van der Waals surface area (Å²) in [5.74, 6) is 2.05. The zero-order chi connectivity index (χ0) is 13.7. The zero-order valence-electron chi connectivity index (χ0n) is 11.2. The number of furan rings is 1. The molecule has 98 valence electrons. The number of benzene rings is 1. The molecule has 0 N–H and O–H groups in total. The van der Waals surface area contributed by atoms with E-state index in [1.54, 1.807) is 10.8 Å². The highest BCUT2D eigenvalue weighted by atomic mass is 16.3. The van der Waals surface area contributed by atoms with Crippen LogP contribution >= 0.6 is 0 Å². The molecular weight excluding hydrogens is 252 g/mol. The number of aromatic nitrogens is 4. The molecule has 5 nitrogen and oxygen atoms in total. The van der Waals surface area contributed by atoms with Crippen LogP contribution in [-0.4, -0.2) is 19.6 Å². The zero-order valence-corrected chi connectivity index (χ0v) is 11.2. The topological polar surface area (TPSA) is 56.2 Å². The lowest BCUT2D eigenvalue weighted by atomic mass is 10.1. The summed E-state index contributed by atoms with van der Waals surface area (Å²) in [6.45, 7) is 3.98. The van der Waals surface area contributed by atoms with E-state index < -0.39 is 0 Å². The van der Waals surface area contributed by atoms with Crippen molar-refractivity contribution in [3.05, 3.63) is 48.0 Å². The Morgan fingerprint density at radius 2 is 1.95 bits per heavy atom. The van der Waals surface area contributed by atoms with Crippen LogP contribution in [0, 0.1) is 13.8 Å². The highest BCUT2D eigenvalue weighted by Crippen LogP contribution is 2.24. The maximum atomic E-state index is 5.37. The highest BCUT2D eigenvalue weighted by Gasteiger charge is 2.14. The van der Waals surface area contributed by atoms with E-state index in [0.29, 0.717) is 11.6 Å². The number of aryl methyl sites for hydroxylation is 2. The van der Waals surface area contributed by atoms with E-state index in [4.69, 9.17) is 4.42 Å². The first-order valence-electron chi connectivity index (χ1n) is 6.40. The molecule has 0 fully saturated rings. The fraction of sp³-hybridized carbons (Fsp3) is 0.133. The summed E-state index contributed by atoms with van der Waals surface area (Å²) in [6, 6.07) is 9.74. The molecule has 0 unspecified atom stereocenters. The fourth-order valence-corrected chi connectivity index (χ4v) is 2.47. The monoisotopic (exact) mass is 264 g/mol. The van der Waals surface area contributed by atoms with Crippen LogP contribution in [0.25, 0.3) is 28.1 Å². The first kappa shape index (κ1) is 11.2. The van der Waals surface area contributed by atoms with Crippen molar-refractivity contribution in [3.8, 4) is 11.6 Å². The summed E-state index contributed by atoms with van der Waals surface area (Å²) < 4.78 is 7.14. The quantitative estimate of drug-likeness (QED) is 0.530. The fourth-order valence-electron chi connectivity index (χ4n) is 2.47. The predicted octanol–water partition coefficient (Wildman–Crippen LogP) is 3.15. The van der Waals surface area contributed by atoms with E-state index in [-0.39, 0.29) is 0 Å². The van der Waals surface area contributed by atoms with Crippen LogP contribution in [0.3, 0.4) is 0 Å². The van der Waals surface area contributed by atoms with Gasteiger partial charge in [0.05, 0.1) is 11.8 Å². The third-order valence-electron chi connectivity index (χ3n) is 3.41. The van der Waals surface area contributed by atoms with Gasteiger partial charge >= 0.3 is 0 Å². The standard InChI is InChI=1S/C15H12N4O/c1-9-5-3-6-11-13(9)15-17-14(12-7-4-8-20-12)18-19(15)10(2)16-11/h3-8H,1-2H3. The van der Waals surface area contributed by atoms with Crippen molar-refractivity contribution >= 4 is 16.6 Å². The minimum Gasteiger partial charge on any atom is -0.461 e. The van der Waals surface area contributed by atoms with Crippen molar-refractivity contribution in [2.75, 3.05) is 0 Å². The maximum absolute atomic E-state index is 5.37. The number of rotatable bonds is 1. The Kier molecular flexibility index (Phi) is 2.18. The lowest BCUT2D eigenvalue weighted by Gasteiger charge is -2.04. The smallest absolute Gasteiger partial charge is 0.217 e. The van der Waals surface area contributed by atoms with E-state index in [1.807, 2.05) is 31.2 Å². The Labute approximate surface area is 114 Å². The first-order chi connectivity index (χ1) is 9.74. The summed E-state index contributed by atoms with van der Waals surface area (Å²) in [7, 11) is 0. The van der Waals surface area contributed by atoms with Gasteiger partial charge in [0.15, 0.2) is 11.4 Å². The summed E-state index contributed by atoms with van der Waals surface area (Å²) in [5, 5.41) is 5.53. The molecule has 3 aromatic heterocycles. The Morgan fingerprint density at radius 1 is 1.05 bits per heavy atom. The summed E-state index contributed by atoms with van der Waals surface area (Å²) in [6.07, 6.45) is 1.62. The second-order valence-corrected chi connectivity index (χ2v) is 4.78. The molecule has 0 atom stereocenters. The Bertz CT molecular complexity index is 922. The average molecular weight is 264 g/mol. The molecule has 0 spiro atoms. The molecule has 0 saturated heterocycles. The number of fused-ring (bicyclic) bond motifs is 3. The van der Waals surface area contributed by atoms with Gasteiger partial charge in [-0.05, 0) is 37.6 Å². The van der Waals surface area contributed by atoms with Crippen LogP contribution in [0.1, 0.15) is 11.4 Å². The van der Waals surface area contributed by atoms with Gasteiger partial charge in [-0.3, -0.25) is 0 Å². The molecule has 1 aromatic carbocycles. The molecule has 4 aromatic rings. The van der Waals surface area contributed by atoms with Crippen LogP contribution < -0.4 is 0 Å². The van der Waals surface area contributed by atoms with E-state index in [2.05, 4.69) is 28.1 Å². The van der Waals surface area contributed by atoms with E-state index in [0.717, 1.165) is 27.9 Å². The molecule has 0 saturated carbocycles. The Morgan fingerprint density at radius 3 is 2.75 bits per heavy atom.